The van der Waals surface area contributed by atoms with Gasteiger partial charge in [-0.25, -0.2) is 0 Å². The fraction of sp³-hybridized carbons (Fsp3) is 0.316. The SMILES string of the molecule is C[C@H]1Cc2ccccc2N1CCCNC(=S)Nc1ccccc1Cl. The number of benzene rings is 2. The number of hydrogen-bond donors (Lipinski definition) is 2. The van der Waals surface area contributed by atoms with Crippen molar-refractivity contribution in [1.29, 1.82) is 0 Å². The van der Waals surface area contributed by atoms with E-state index in [4.69, 9.17) is 23.8 Å². The van der Waals surface area contributed by atoms with Gasteiger partial charge in [0.2, 0.25) is 0 Å². The van der Waals surface area contributed by atoms with Gasteiger partial charge < -0.3 is 15.5 Å². The van der Waals surface area contributed by atoms with Gasteiger partial charge >= 0.3 is 0 Å². The second kappa shape index (κ2) is 7.86. The highest BCUT2D eigenvalue weighted by Crippen LogP contribution is 2.31. The van der Waals surface area contributed by atoms with E-state index >= 15 is 0 Å². The van der Waals surface area contributed by atoms with E-state index in [1.54, 1.807) is 0 Å². The molecule has 5 heteroatoms. The zero-order valence-corrected chi connectivity index (χ0v) is 15.3. The molecule has 0 aromatic heterocycles. The van der Waals surface area contributed by atoms with Crippen LogP contribution in [0.3, 0.4) is 0 Å². The Bertz CT molecular complexity index is 719. The molecule has 0 unspecified atom stereocenters. The predicted molar refractivity (Wildman–Crippen MR) is 107 cm³/mol. The van der Waals surface area contributed by atoms with Crippen LogP contribution < -0.4 is 15.5 Å². The monoisotopic (exact) mass is 359 g/mol. The summed E-state index contributed by atoms with van der Waals surface area (Å²) >= 11 is 11.5. The van der Waals surface area contributed by atoms with Gasteiger partial charge in [-0.1, -0.05) is 41.9 Å². The molecule has 3 rings (SSSR count). The van der Waals surface area contributed by atoms with E-state index in [9.17, 15) is 0 Å². The number of fused-ring (bicyclic) bond motifs is 1. The Kier molecular flexibility index (Phi) is 5.59. The Morgan fingerprint density at radius 1 is 1.21 bits per heavy atom. The highest BCUT2D eigenvalue weighted by atomic mass is 35.5. The van der Waals surface area contributed by atoms with E-state index in [-0.39, 0.29) is 0 Å². The van der Waals surface area contributed by atoms with Crippen LogP contribution in [0, 0.1) is 0 Å². The number of thiocarbonyl (C=S) groups is 1. The van der Waals surface area contributed by atoms with Gasteiger partial charge in [0.05, 0.1) is 10.7 Å². The summed E-state index contributed by atoms with van der Waals surface area (Å²) in [6, 6.07) is 16.8. The van der Waals surface area contributed by atoms with Crippen molar-refractivity contribution >= 4 is 40.3 Å². The van der Waals surface area contributed by atoms with Gasteiger partial charge in [-0.2, -0.15) is 0 Å². The largest absolute Gasteiger partial charge is 0.368 e. The van der Waals surface area contributed by atoms with Gasteiger partial charge in [-0.05, 0) is 55.7 Å². The van der Waals surface area contributed by atoms with Crippen LogP contribution in [-0.2, 0) is 6.42 Å². The molecule has 1 aliphatic rings. The lowest BCUT2D eigenvalue weighted by Gasteiger charge is -2.25. The number of hydrogen-bond acceptors (Lipinski definition) is 2. The van der Waals surface area contributed by atoms with Crippen molar-refractivity contribution in [2.24, 2.45) is 0 Å². The summed E-state index contributed by atoms with van der Waals surface area (Å²) < 4.78 is 0. The molecule has 0 saturated heterocycles. The van der Waals surface area contributed by atoms with E-state index in [1.165, 1.54) is 11.3 Å². The van der Waals surface area contributed by atoms with Crippen LogP contribution >= 0.6 is 23.8 Å². The lowest BCUT2D eigenvalue weighted by molar-refractivity contribution is 0.641. The molecular weight excluding hydrogens is 338 g/mol. The summed E-state index contributed by atoms with van der Waals surface area (Å²) in [5.74, 6) is 0. The summed E-state index contributed by atoms with van der Waals surface area (Å²) in [4.78, 5) is 2.49. The molecule has 1 atom stereocenters. The first kappa shape index (κ1) is 17.1. The molecule has 2 aromatic rings. The summed E-state index contributed by atoms with van der Waals surface area (Å²) in [5, 5.41) is 7.67. The lowest BCUT2D eigenvalue weighted by atomic mass is 10.1. The fourth-order valence-electron chi connectivity index (χ4n) is 3.15. The normalized spacial score (nSPS) is 15.9. The van der Waals surface area contributed by atoms with Crippen LogP contribution in [0.2, 0.25) is 5.02 Å². The minimum Gasteiger partial charge on any atom is -0.368 e. The third-order valence-electron chi connectivity index (χ3n) is 4.33. The second-order valence-electron chi connectivity index (χ2n) is 6.09. The van der Waals surface area contributed by atoms with Crippen molar-refractivity contribution in [3.8, 4) is 0 Å². The zero-order chi connectivity index (χ0) is 16.9. The highest BCUT2D eigenvalue weighted by molar-refractivity contribution is 7.80. The van der Waals surface area contributed by atoms with Crippen molar-refractivity contribution in [1.82, 2.24) is 5.32 Å². The first-order chi connectivity index (χ1) is 11.6. The van der Waals surface area contributed by atoms with Gasteiger partial charge in [0.1, 0.15) is 0 Å². The molecule has 2 N–H and O–H groups in total. The van der Waals surface area contributed by atoms with E-state index in [2.05, 4.69) is 46.7 Å². The third-order valence-corrected chi connectivity index (χ3v) is 4.91. The highest BCUT2D eigenvalue weighted by Gasteiger charge is 2.24. The van der Waals surface area contributed by atoms with Gasteiger partial charge in [-0.3, -0.25) is 0 Å². The molecule has 2 aromatic carbocycles. The summed E-state index contributed by atoms with van der Waals surface area (Å²) in [5.41, 5.74) is 3.66. The number of para-hydroxylation sites is 2. The minimum absolute atomic E-state index is 0.565. The van der Waals surface area contributed by atoms with Crippen molar-refractivity contribution in [2.75, 3.05) is 23.3 Å². The van der Waals surface area contributed by atoms with Crippen molar-refractivity contribution in [3.63, 3.8) is 0 Å². The van der Waals surface area contributed by atoms with Crippen molar-refractivity contribution in [2.45, 2.75) is 25.8 Å². The minimum atomic E-state index is 0.565. The third kappa shape index (κ3) is 4.00. The van der Waals surface area contributed by atoms with Gasteiger partial charge in [0.25, 0.3) is 0 Å². The molecule has 0 fully saturated rings. The fourth-order valence-corrected chi connectivity index (χ4v) is 3.55. The van der Waals surface area contributed by atoms with Crippen LogP contribution in [0.25, 0.3) is 0 Å². The molecule has 1 heterocycles. The standard InChI is InChI=1S/C19H22ClN3S/c1-14-13-15-7-2-5-10-18(15)23(14)12-6-11-21-19(24)22-17-9-4-3-8-16(17)20/h2-5,7-10,14H,6,11-13H2,1H3,(H2,21,22,24)/t14-/m0/s1. The maximum atomic E-state index is 6.12. The average Bonchev–Trinajstić information content (AvgIpc) is 2.89. The topological polar surface area (TPSA) is 27.3 Å². The van der Waals surface area contributed by atoms with Crippen LogP contribution in [0.5, 0.6) is 0 Å². The number of halogens is 1. The van der Waals surface area contributed by atoms with Crippen LogP contribution in [0.4, 0.5) is 11.4 Å². The number of nitrogens with one attached hydrogen (secondary N) is 2. The summed E-state index contributed by atoms with van der Waals surface area (Å²) in [7, 11) is 0. The van der Waals surface area contributed by atoms with Crippen molar-refractivity contribution < 1.29 is 0 Å². The average molecular weight is 360 g/mol. The van der Waals surface area contributed by atoms with Crippen LogP contribution in [0.1, 0.15) is 18.9 Å². The molecule has 0 spiro atoms. The maximum absolute atomic E-state index is 6.12. The molecule has 0 bridgehead atoms. The Labute approximate surface area is 154 Å². The number of anilines is 2. The van der Waals surface area contributed by atoms with Crippen molar-refractivity contribution in [3.05, 3.63) is 59.1 Å². The van der Waals surface area contributed by atoms with E-state index in [1.807, 2.05) is 24.3 Å². The van der Waals surface area contributed by atoms with Gasteiger partial charge in [0, 0.05) is 24.8 Å². The van der Waals surface area contributed by atoms with E-state index in [0.29, 0.717) is 16.2 Å². The summed E-state index contributed by atoms with van der Waals surface area (Å²) in [6.07, 6.45) is 2.17. The maximum Gasteiger partial charge on any atom is 0.170 e. The smallest absolute Gasteiger partial charge is 0.170 e. The Hall–Kier alpha value is -1.78. The molecule has 1 aliphatic heterocycles. The lowest BCUT2D eigenvalue weighted by Crippen LogP contribution is -2.34. The molecule has 3 nitrogen and oxygen atoms in total. The van der Waals surface area contributed by atoms with Crippen LogP contribution in [-0.4, -0.2) is 24.2 Å². The Balaban J connectivity index is 1.44. The Morgan fingerprint density at radius 3 is 2.79 bits per heavy atom. The molecule has 0 aliphatic carbocycles. The second-order valence-corrected chi connectivity index (χ2v) is 6.91. The van der Waals surface area contributed by atoms with E-state index in [0.717, 1.165) is 31.6 Å². The summed E-state index contributed by atoms with van der Waals surface area (Å²) in [6.45, 7) is 4.15. The Morgan fingerprint density at radius 2 is 1.96 bits per heavy atom. The molecule has 0 saturated carbocycles. The first-order valence-electron chi connectivity index (χ1n) is 8.29. The molecule has 126 valence electrons. The van der Waals surface area contributed by atoms with E-state index < -0.39 is 0 Å². The van der Waals surface area contributed by atoms with Crippen LogP contribution in [0.15, 0.2) is 48.5 Å². The predicted octanol–water partition coefficient (Wildman–Crippen LogP) is 4.47. The molecular formula is C19H22ClN3S. The molecule has 0 radical (unpaired) electrons. The number of nitrogens with zero attached hydrogens (tertiary/aromatic N) is 1. The zero-order valence-electron chi connectivity index (χ0n) is 13.8. The van der Waals surface area contributed by atoms with Gasteiger partial charge in [0.15, 0.2) is 5.11 Å². The molecule has 0 amide bonds. The molecule has 24 heavy (non-hydrogen) atoms. The van der Waals surface area contributed by atoms with Gasteiger partial charge in [-0.15, -0.1) is 0 Å². The number of rotatable bonds is 5. The first-order valence-corrected chi connectivity index (χ1v) is 9.07. The quantitative estimate of drug-likeness (QED) is 0.608.